The summed E-state index contributed by atoms with van der Waals surface area (Å²) in [6, 6.07) is 4.85. The third-order valence-corrected chi connectivity index (χ3v) is 4.17. The highest BCUT2D eigenvalue weighted by Crippen LogP contribution is 2.19. The number of benzene rings is 1. The molecule has 3 amide bonds. The molecule has 1 aromatic heterocycles. The Balaban J connectivity index is 2.02. The van der Waals surface area contributed by atoms with Crippen molar-refractivity contribution in [3.05, 3.63) is 46.3 Å². The van der Waals surface area contributed by atoms with Crippen LogP contribution in [0.2, 0.25) is 0 Å². The molecule has 24 heavy (non-hydrogen) atoms. The van der Waals surface area contributed by atoms with E-state index < -0.39 is 5.91 Å². The molecule has 1 heterocycles. The van der Waals surface area contributed by atoms with Crippen LogP contribution in [-0.4, -0.2) is 40.6 Å². The van der Waals surface area contributed by atoms with Crippen LogP contribution in [0.5, 0.6) is 0 Å². The number of nitrogens with one attached hydrogen (secondary N) is 2. The van der Waals surface area contributed by atoms with Crippen LogP contribution in [0.25, 0.3) is 0 Å². The van der Waals surface area contributed by atoms with Crippen molar-refractivity contribution in [2.75, 3.05) is 18.9 Å². The minimum absolute atomic E-state index is 0.237. The number of urea groups is 1. The SMILES string of the molecule is Cc1n[nH]c(C)c1CCN(C)C(=O)Nc1cccc(C(N)=O)c1C. The van der Waals surface area contributed by atoms with Crippen molar-refractivity contribution < 1.29 is 9.59 Å². The van der Waals surface area contributed by atoms with Crippen molar-refractivity contribution in [1.29, 1.82) is 0 Å². The van der Waals surface area contributed by atoms with Gasteiger partial charge in [-0.05, 0) is 50.5 Å². The van der Waals surface area contributed by atoms with Gasteiger partial charge in [-0.1, -0.05) is 6.07 Å². The fourth-order valence-corrected chi connectivity index (χ4v) is 2.57. The fraction of sp³-hybridized carbons (Fsp3) is 0.353. The number of aromatic nitrogens is 2. The number of aryl methyl sites for hydroxylation is 2. The minimum Gasteiger partial charge on any atom is -0.366 e. The fourth-order valence-electron chi connectivity index (χ4n) is 2.57. The number of hydrogen-bond acceptors (Lipinski definition) is 3. The smallest absolute Gasteiger partial charge is 0.321 e. The molecule has 0 unspecified atom stereocenters. The third kappa shape index (κ3) is 3.73. The lowest BCUT2D eigenvalue weighted by atomic mass is 10.1. The summed E-state index contributed by atoms with van der Waals surface area (Å²) in [4.78, 5) is 25.3. The number of amides is 3. The van der Waals surface area contributed by atoms with E-state index in [1.165, 1.54) is 0 Å². The number of carbonyl (C=O) groups excluding carboxylic acids is 2. The molecular weight excluding hydrogens is 306 g/mol. The standard InChI is InChI=1S/C17H23N5O2/c1-10-13(16(18)23)6-5-7-15(10)19-17(24)22(4)9-8-14-11(2)20-21-12(14)3/h5-7H,8-9H2,1-4H3,(H2,18,23)(H,19,24)(H,20,21). The van der Waals surface area contributed by atoms with Gasteiger partial charge in [0.2, 0.25) is 5.91 Å². The lowest BCUT2D eigenvalue weighted by Gasteiger charge is -2.19. The van der Waals surface area contributed by atoms with E-state index in [-0.39, 0.29) is 6.03 Å². The van der Waals surface area contributed by atoms with Gasteiger partial charge < -0.3 is 16.0 Å². The van der Waals surface area contributed by atoms with Crippen molar-refractivity contribution in [2.45, 2.75) is 27.2 Å². The summed E-state index contributed by atoms with van der Waals surface area (Å²) in [7, 11) is 1.73. The van der Waals surface area contributed by atoms with Gasteiger partial charge in [0, 0.05) is 30.5 Å². The molecule has 7 nitrogen and oxygen atoms in total. The largest absolute Gasteiger partial charge is 0.366 e. The summed E-state index contributed by atoms with van der Waals surface area (Å²) in [6.07, 6.45) is 0.721. The van der Waals surface area contributed by atoms with E-state index in [4.69, 9.17) is 5.73 Å². The Hall–Kier alpha value is -2.83. The summed E-state index contributed by atoms with van der Waals surface area (Å²) >= 11 is 0. The number of nitrogens with zero attached hydrogens (tertiary/aromatic N) is 2. The molecular formula is C17H23N5O2. The zero-order chi connectivity index (χ0) is 17.9. The maximum Gasteiger partial charge on any atom is 0.321 e. The number of rotatable bonds is 5. The number of likely N-dealkylation sites (N-methyl/N-ethyl adjacent to an activating group) is 1. The van der Waals surface area contributed by atoms with Gasteiger partial charge >= 0.3 is 6.03 Å². The number of nitrogens with two attached hydrogens (primary N) is 1. The molecule has 0 saturated carbocycles. The van der Waals surface area contributed by atoms with E-state index >= 15 is 0 Å². The zero-order valence-electron chi connectivity index (χ0n) is 14.4. The van der Waals surface area contributed by atoms with Gasteiger partial charge in [-0.25, -0.2) is 4.79 Å². The first-order chi connectivity index (χ1) is 11.3. The Morgan fingerprint density at radius 1 is 1.29 bits per heavy atom. The third-order valence-electron chi connectivity index (χ3n) is 4.17. The second-order valence-corrected chi connectivity index (χ2v) is 5.86. The van der Waals surface area contributed by atoms with E-state index in [1.807, 2.05) is 13.8 Å². The van der Waals surface area contributed by atoms with Crippen molar-refractivity contribution in [3.8, 4) is 0 Å². The molecule has 2 aromatic rings. The maximum absolute atomic E-state index is 12.4. The van der Waals surface area contributed by atoms with Gasteiger partial charge in [0.25, 0.3) is 0 Å². The number of H-pyrrole nitrogens is 1. The predicted octanol–water partition coefficient (Wildman–Crippen LogP) is 2.14. The first-order valence-electron chi connectivity index (χ1n) is 7.73. The summed E-state index contributed by atoms with van der Waals surface area (Å²) in [5, 5.41) is 9.92. The first kappa shape index (κ1) is 17.5. The molecule has 1 aromatic carbocycles. The van der Waals surface area contributed by atoms with Crippen LogP contribution in [0.15, 0.2) is 18.2 Å². The van der Waals surface area contributed by atoms with Gasteiger partial charge in [-0.15, -0.1) is 0 Å². The molecule has 0 spiro atoms. The molecule has 0 aliphatic rings. The number of hydrogen-bond donors (Lipinski definition) is 3. The van der Waals surface area contributed by atoms with Crippen LogP contribution in [0, 0.1) is 20.8 Å². The Morgan fingerprint density at radius 3 is 2.58 bits per heavy atom. The lowest BCUT2D eigenvalue weighted by Crippen LogP contribution is -2.33. The normalized spacial score (nSPS) is 10.5. The second kappa shape index (κ2) is 7.16. The maximum atomic E-state index is 12.4. The van der Waals surface area contributed by atoms with Gasteiger partial charge in [0.15, 0.2) is 0 Å². The van der Waals surface area contributed by atoms with Crippen LogP contribution in [0.4, 0.5) is 10.5 Å². The van der Waals surface area contributed by atoms with Crippen molar-refractivity contribution >= 4 is 17.6 Å². The van der Waals surface area contributed by atoms with Crippen LogP contribution in [0.3, 0.4) is 0 Å². The average Bonchev–Trinajstić information content (AvgIpc) is 2.85. The first-order valence-corrected chi connectivity index (χ1v) is 7.73. The summed E-state index contributed by atoms with van der Waals surface area (Å²) < 4.78 is 0. The molecule has 0 saturated heterocycles. The number of carbonyl (C=O) groups is 2. The van der Waals surface area contributed by atoms with E-state index in [0.717, 1.165) is 23.4 Å². The number of aromatic amines is 1. The van der Waals surface area contributed by atoms with Gasteiger partial charge in [0.1, 0.15) is 0 Å². The predicted molar refractivity (Wildman–Crippen MR) is 93.1 cm³/mol. The van der Waals surface area contributed by atoms with Crippen LogP contribution >= 0.6 is 0 Å². The number of anilines is 1. The second-order valence-electron chi connectivity index (χ2n) is 5.86. The van der Waals surface area contributed by atoms with Crippen LogP contribution < -0.4 is 11.1 Å². The zero-order valence-corrected chi connectivity index (χ0v) is 14.4. The van der Waals surface area contributed by atoms with E-state index in [9.17, 15) is 9.59 Å². The Labute approximate surface area is 141 Å². The average molecular weight is 329 g/mol. The van der Waals surface area contributed by atoms with Gasteiger partial charge in [0.05, 0.1) is 5.69 Å². The molecule has 0 radical (unpaired) electrons. The summed E-state index contributed by atoms with van der Waals surface area (Å²) in [6.45, 7) is 6.22. The summed E-state index contributed by atoms with van der Waals surface area (Å²) in [5.74, 6) is -0.511. The quantitative estimate of drug-likeness (QED) is 0.782. The molecule has 0 fully saturated rings. The van der Waals surface area contributed by atoms with Gasteiger partial charge in [-0.3, -0.25) is 9.89 Å². The molecule has 0 atom stereocenters. The highest BCUT2D eigenvalue weighted by molar-refractivity contribution is 5.98. The number of primary amides is 1. The molecule has 0 aliphatic heterocycles. The summed E-state index contributed by atoms with van der Waals surface area (Å²) in [5.41, 5.74) is 10.1. The monoisotopic (exact) mass is 329 g/mol. The van der Waals surface area contributed by atoms with Crippen molar-refractivity contribution in [2.24, 2.45) is 5.73 Å². The molecule has 7 heteroatoms. The van der Waals surface area contributed by atoms with Crippen molar-refractivity contribution in [3.63, 3.8) is 0 Å². The van der Waals surface area contributed by atoms with E-state index in [2.05, 4.69) is 15.5 Å². The Bertz CT molecular complexity index is 747. The lowest BCUT2D eigenvalue weighted by molar-refractivity contribution is 0.0999. The topological polar surface area (TPSA) is 104 Å². The highest BCUT2D eigenvalue weighted by Gasteiger charge is 2.14. The molecule has 0 bridgehead atoms. The molecule has 2 rings (SSSR count). The van der Waals surface area contributed by atoms with E-state index in [0.29, 0.717) is 23.4 Å². The van der Waals surface area contributed by atoms with E-state index in [1.54, 1.807) is 37.1 Å². The molecule has 0 aliphatic carbocycles. The molecule has 4 N–H and O–H groups in total. The van der Waals surface area contributed by atoms with Crippen LogP contribution in [0.1, 0.15) is 32.9 Å². The molecule has 128 valence electrons. The Morgan fingerprint density at radius 2 is 2.00 bits per heavy atom. The Kier molecular flexibility index (Phi) is 5.23. The van der Waals surface area contributed by atoms with Gasteiger partial charge in [-0.2, -0.15) is 5.10 Å². The minimum atomic E-state index is -0.511. The highest BCUT2D eigenvalue weighted by atomic mass is 16.2. The van der Waals surface area contributed by atoms with Crippen LogP contribution in [-0.2, 0) is 6.42 Å². The van der Waals surface area contributed by atoms with Crippen molar-refractivity contribution in [1.82, 2.24) is 15.1 Å².